The van der Waals surface area contributed by atoms with E-state index in [4.69, 9.17) is 0 Å². The molecule has 1 atom stereocenters. The number of amides is 1. The Hall–Kier alpha value is -1.35. The van der Waals surface area contributed by atoms with E-state index < -0.39 is 0 Å². The highest BCUT2D eigenvalue weighted by Crippen LogP contribution is 2.07. The normalized spacial score (nSPS) is 12.2. The van der Waals surface area contributed by atoms with Gasteiger partial charge in [-0.05, 0) is 37.4 Å². The maximum atomic E-state index is 11.7. The Morgan fingerprint density at radius 2 is 1.79 bits per heavy atom. The fourth-order valence-corrected chi connectivity index (χ4v) is 1.98. The summed E-state index contributed by atoms with van der Waals surface area (Å²) in [4.78, 5) is 11.7. The first-order valence-electron chi connectivity index (χ1n) is 7.23. The summed E-state index contributed by atoms with van der Waals surface area (Å²) in [6.07, 6.45) is 2.43. The Balaban J connectivity index is 2.25. The standard InChI is InChI=1S/C16H26N2O/c1-4-14-6-8-15(9-7-14)10-11-16(19)18-12-13(3)17-5-2/h6-9,13,17H,4-5,10-12H2,1-3H3,(H,18,19)/t13-/m1/s1. The lowest BCUT2D eigenvalue weighted by molar-refractivity contribution is -0.121. The quantitative estimate of drug-likeness (QED) is 0.755. The fourth-order valence-electron chi connectivity index (χ4n) is 1.98. The summed E-state index contributed by atoms with van der Waals surface area (Å²) in [6, 6.07) is 8.85. The van der Waals surface area contributed by atoms with Crippen molar-refractivity contribution in [3.8, 4) is 0 Å². The van der Waals surface area contributed by atoms with Gasteiger partial charge in [-0.15, -0.1) is 0 Å². The lowest BCUT2D eigenvalue weighted by Crippen LogP contribution is -2.38. The monoisotopic (exact) mass is 262 g/mol. The second-order valence-corrected chi connectivity index (χ2v) is 4.93. The summed E-state index contributed by atoms with van der Waals surface area (Å²) < 4.78 is 0. The highest BCUT2D eigenvalue weighted by molar-refractivity contribution is 5.76. The molecule has 1 amide bonds. The highest BCUT2D eigenvalue weighted by Gasteiger charge is 2.04. The Morgan fingerprint density at radius 3 is 2.37 bits per heavy atom. The minimum absolute atomic E-state index is 0.129. The van der Waals surface area contributed by atoms with Crippen LogP contribution in [0.1, 0.15) is 38.3 Å². The molecule has 0 saturated carbocycles. The molecular weight excluding hydrogens is 236 g/mol. The summed E-state index contributed by atoms with van der Waals surface area (Å²) in [5.74, 6) is 0.129. The third-order valence-corrected chi connectivity index (χ3v) is 3.23. The minimum Gasteiger partial charge on any atom is -0.355 e. The summed E-state index contributed by atoms with van der Waals surface area (Å²) in [7, 11) is 0. The molecule has 0 aromatic heterocycles. The number of hydrogen-bond donors (Lipinski definition) is 2. The van der Waals surface area contributed by atoms with E-state index in [0.29, 0.717) is 19.0 Å². The molecule has 106 valence electrons. The third kappa shape index (κ3) is 6.39. The maximum Gasteiger partial charge on any atom is 0.220 e. The highest BCUT2D eigenvalue weighted by atomic mass is 16.1. The number of aryl methyl sites for hydroxylation is 2. The second kappa shape index (κ2) is 8.70. The molecule has 3 nitrogen and oxygen atoms in total. The molecular formula is C16H26N2O. The van der Waals surface area contributed by atoms with Crippen molar-refractivity contribution in [1.82, 2.24) is 10.6 Å². The fraction of sp³-hybridized carbons (Fsp3) is 0.562. The van der Waals surface area contributed by atoms with E-state index in [1.165, 1.54) is 11.1 Å². The van der Waals surface area contributed by atoms with E-state index in [-0.39, 0.29) is 5.91 Å². The van der Waals surface area contributed by atoms with Gasteiger partial charge in [-0.3, -0.25) is 4.79 Å². The molecule has 2 N–H and O–H groups in total. The van der Waals surface area contributed by atoms with Crippen LogP contribution < -0.4 is 10.6 Å². The van der Waals surface area contributed by atoms with Gasteiger partial charge in [0, 0.05) is 19.0 Å². The number of benzene rings is 1. The summed E-state index contributed by atoms with van der Waals surface area (Å²) in [6.45, 7) is 7.92. The molecule has 3 heteroatoms. The van der Waals surface area contributed by atoms with Crippen molar-refractivity contribution in [2.75, 3.05) is 13.1 Å². The van der Waals surface area contributed by atoms with Crippen LogP contribution in [0.5, 0.6) is 0 Å². The lowest BCUT2D eigenvalue weighted by Gasteiger charge is -2.13. The molecule has 0 unspecified atom stereocenters. The zero-order chi connectivity index (χ0) is 14.1. The molecule has 0 aliphatic carbocycles. The largest absolute Gasteiger partial charge is 0.355 e. The van der Waals surface area contributed by atoms with Crippen molar-refractivity contribution in [1.29, 1.82) is 0 Å². The predicted molar refractivity (Wildman–Crippen MR) is 80.3 cm³/mol. The molecule has 0 fully saturated rings. The first kappa shape index (κ1) is 15.7. The number of carbonyl (C=O) groups excluding carboxylic acids is 1. The van der Waals surface area contributed by atoms with Gasteiger partial charge in [0.1, 0.15) is 0 Å². The zero-order valence-electron chi connectivity index (χ0n) is 12.3. The molecule has 1 aromatic carbocycles. The van der Waals surface area contributed by atoms with E-state index in [2.05, 4.69) is 55.7 Å². The molecule has 0 radical (unpaired) electrons. The molecule has 19 heavy (non-hydrogen) atoms. The van der Waals surface area contributed by atoms with Gasteiger partial charge in [0.05, 0.1) is 0 Å². The maximum absolute atomic E-state index is 11.7. The number of carbonyl (C=O) groups is 1. The Kier molecular flexibility index (Phi) is 7.19. The average Bonchev–Trinajstić information content (AvgIpc) is 2.44. The van der Waals surface area contributed by atoms with Gasteiger partial charge in [0.25, 0.3) is 0 Å². The SMILES string of the molecule is CCN[C@H](C)CNC(=O)CCc1ccc(CC)cc1. The minimum atomic E-state index is 0.129. The van der Waals surface area contributed by atoms with Crippen LogP contribution in [0.2, 0.25) is 0 Å². The van der Waals surface area contributed by atoms with Crippen LogP contribution >= 0.6 is 0 Å². The van der Waals surface area contributed by atoms with Gasteiger partial charge >= 0.3 is 0 Å². The van der Waals surface area contributed by atoms with E-state index in [9.17, 15) is 4.79 Å². The van der Waals surface area contributed by atoms with Gasteiger partial charge in [-0.1, -0.05) is 38.1 Å². The Labute approximate surface area is 116 Å². The third-order valence-electron chi connectivity index (χ3n) is 3.23. The molecule has 0 spiro atoms. The van der Waals surface area contributed by atoms with E-state index >= 15 is 0 Å². The van der Waals surface area contributed by atoms with Gasteiger partial charge in [-0.2, -0.15) is 0 Å². The van der Waals surface area contributed by atoms with Crippen LogP contribution in [0.25, 0.3) is 0 Å². The summed E-state index contributed by atoms with van der Waals surface area (Å²) in [5, 5.41) is 6.23. The molecule has 0 aliphatic heterocycles. The smallest absolute Gasteiger partial charge is 0.220 e. The van der Waals surface area contributed by atoms with Crippen molar-refractivity contribution in [3.63, 3.8) is 0 Å². The van der Waals surface area contributed by atoms with Crippen LogP contribution in [-0.4, -0.2) is 25.0 Å². The predicted octanol–water partition coefficient (Wildman–Crippen LogP) is 2.30. The van der Waals surface area contributed by atoms with Crippen molar-refractivity contribution >= 4 is 5.91 Å². The van der Waals surface area contributed by atoms with Crippen molar-refractivity contribution in [2.45, 2.75) is 46.1 Å². The van der Waals surface area contributed by atoms with E-state index in [1.54, 1.807) is 0 Å². The van der Waals surface area contributed by atoms with Gasteiger partial charge in [-0.25, -0.2) is 0 Å². The van der Waals surface area contributed by atoms with E-state index in [0.717, 1.165) is 19.4 Å². The Morgan fingerprint density at radius 1 is 1.16 bits per heavy atom. The number of nitrogens with one attached hydrogen (secondary N) is 2. The molecule has 0 bridgehead atoms. The van der Waals surface area contributed by atoms with Gasteiger partial charge in [0.2, 0.25) is 5.91 Å². The Bertz CT molecular complexity index is 373. The lowest BCUT2D eigenvalue weighted by atomic mass is 10.1. The first-order chi connectivity index (χ1) is 9.15. The van der Waals surface area contributed by atoms with E-state index in [1.807, 2.05) is 0 Å². The molecule has 1 rings (SSSR count). The molecule has 0 saturated heterocycles. The van der Waals surface area contributed by atoms with Crippen molar-refractivity contribution in [3.05, 3.63) is 35.4 Å². The zero-order valence-corrected chi connectivity index (χ0v) is 12.3. The molecule has 1 aromatic rings. The van der Waals surface area contributed by atoms with Gasteiger partial charge < -0.3 is 10.6 Å². The van der Waals surface area contributed by atoms with Crippen LogP contribution in [0, 0.1) is 0 Å². The van der Waals surface area contributed by atoms with Crippen LogP contribution in [0.15, 0.2) is 24.3 Å². The van der Waals surface area contributed by atoms with Crippen LogP contribution in [0.4, 0.5) is 0 Å². The average molecular weight is 262 g/mol. The number of hydrogen-bond acceptors (Lipinski definition) is 2. The first-order valence-corrected chi connectivity index (χ1v) is 7.23. The summed E-state index contributed by atoms with van der Waals surface area (Å²) in [5.41, 5.74) is 2.57. The van der Waals surface area contributed by atoms with Gasteiger partial charge in [0.15, 0.2) is 0 Å². The topological polar surface area (TPSA) is 41.1 Å². The summed E-state index contributed by atoms with van der Waals surface area (Å²) >= 11 is 0. The van der Waals surface area contributed by atoms with Crippen LogP contribution in [-0.2, 0) is 17.6 Å². The number of likely N-dealkylation sites (N-methyl/N-ethyl adjacent to an activating group) is 1. The van der Waals surface area contributed by atoms with Crippen molar-refractivity contribution in [2.24, 2.45) is 0 Å². The van der Waals surface area contributed by atoms with Crippen molar-refractivity contribution < 1.29 is 4.79 Å². The molecule has 0 heterocycles. The second-order valence-electron chi connectivity index (χ2n) is 4.93. The number of rotatable bonds is 8. The molecule has 0 aliphatic rings. The van der Waals surface area contributed by atoms with Crippen LogP contribution in [0.3, 0.4) is 0 Å².